The Morgan fingerprint density at radius 1 is 1.35 bits per heavy atom. The molecule has 1 N–H and O–H groups in total. The highest BCUT2D eigenvalue weighted by molar-refractivity contribution is 5.84. The molecule has 1 aromatic carbocycles. The van der Waals surface area contributed by atoms with Crippen LogP contribution in [0.25, 0.3) is 0 Å². The Labute approximate surface area is 102 Å². The molecule has 0 aromatic heterocycles. The molecular weight excluding hydrogens is 210 g/mol. The minimum absolute atomic E-state index is 0.373. The molecular formula is C15H19NO. The van der Waals surface area contributed by atoms with Gasteiger partial charge in [0.25, 0.3) is 0 Å². The average molecular weight is 229 g/mol. The Kier molecular flexibility index (Phi) is 2.46. The van der Waals surface area contributed by atoms with Crippen LogP contribution in [0.4, 0.5) is 0 Å². The van der Waals surface area contributed by atoms with Crippen molar-refractivity contribution < 1.29 is 5.11 Å². The summed E-state index contributed by atoms with van der Waals surface area (Å²) in [5, 5.41) is 9.90. The van der Waals surface area contributed by atoms with E-state index in [1.165, 1.54) is 32.1 Å². The number of benzene rings is 1. The van der Waals surface area contributed by atoms with Crippen molar-refractivity contribution in [1.82, 2.24) is 0 Å². The van der Waals surface area contributed by atoms with Crippen LogP contribution in [0, 0.1) is 12.3 Å². The van der Waals surface area contributed by atoms with Gasteiger partial charge in [-0.05, 0) is 43.2 Å². The molecule has 2 saturated carbocycles. The first kappa shape index (κ1) is 10.8. The summed E-state index contributed by atoms with van der Waals surface area (Å²) in [7, 11) is 0. The second-order valence-electron chi connectivity index (χ2n) is 5.58. The van der Waals surface area contributed by atoms with Crippen molar-refractivity contribution in [2.24, 2.45) is 10.4 Å². The summed E-state index contributed by atoms with van der Waals surface area (Å²) in [5.74, 6) is 0.373. The fraction of sp³-hybridized carbons (Fsp3) is 0.533. The van der Waals surface area contributed by atoms with Crippen molar-refractivity contribution in [2.45, 2.75) is 45.1 Å². The monoisotopic (exact) mass is 229 g/mol. The first-order valence-electron chi connectivity index (χ1n) is 6.53. The fourth-order valence-electron chi connectivity index (χ4n) is 3.11. The molecule has 2 fully saturated rings. The van der Waals surface area contributed by atoms with Gasteiger partial charge in [-0.2, -0.15) is 0 Å². The summed E-state index contributed by atoms with van der Waals surface area (Å²) in [6, 6.07) is 6.33. The molecule has 17 heavy (non-hydrogen) atoms. The largest absolute Gasteiger partial charge is 0.507 e. The van der Waals surface area contributed by atoms with Gasteiger partial charge in [-0.25, -0.2) is 0 Å². The van der Waals surface area contributed by atoms with Crippen molar-refractivity contribution >= 4 is 6.21 Å². The van der Waals surface area contributed by atoms with Crippen molar-refractivity contribution in [1.29, 1.82) is 0 Å². The molecule has 3 rings (SSSR count). The molecule has 0 radical (unpaired) electrons. The van der Waals surface area contributed by atoms with Gasteiger partial charge in [-0.15, -0.1) is 0 Å². The average Bonchev–Trinajstić information content (AvgIpc) is 2.76. The van der Waals surface area contributed by atoms with E-state index in [-0.39, 0.29) is 0 Å². The lowest BCUT2D eigenvalue weighted by atomic mass is 10.1. The van der Waals surface area contributed by atoms with Gasteiger partial charge in [-0.3, -0.25) is 4.99 Å². The number of rotatable bonds is 2. The van der Waals surface area contributed by atoms with Gasteiger partial charge < -0.3 is 5.11 Å². The van der Waals surface area contributed by atoms with Gasteiger partial charge >= 0.3 is 0 Å². The maximum absolute atomic E-state index is 9.90. The number of aryl methyl sites for hydroxylation is 1. The van der Waals surface area contributed by atoms with E-state index in [1.54, 1.807) is 0 Å². The number of phenolic OH excluding ortho intramolecular Hbond substituents is 1. The van der Waals surface area contributed by atoms with Gasteiger partial charge in [0.15, 0.2) is 0 Å². The lowest BCUT2D eigenvalue weighted by Crippen LogP contribution is -1.98. The zero-order chi connectivity index (χ0) is 11.9. The molecule has 0 bridgehead atoms. The molecule has 1 unspecified atom stereocenters. The zero-order valence-corrected chi connectivity index (χ0v) is 10.3. The number of para-hydroxylation sites is 1. The Morgan fingerprint density at radius 3 is 2.88 bits per heavy atom. The van der Waals surface area contributed by atoms with Gasteiger partial charge in [0.2, 0.25) is 0 Å². The van der Waals surface area contributed by atoms with E-state index in [4.69, 9.17) is 0 Å². The molecule has 1 spiro atoms. The Balaban J connectivity index is 1.73. The summed E-state index contributed by atoms with van der Waals surface area (Å²) in [6.45, 7) is 1.92. The van der Waals surface area contributed by atoms with E-state index in [2.05, 4.69) is 4.99 Å². The fourth-order valence-corrected chi connectivity index (χ4v) is 3.11. The molecule has 2 heteroatoms. The van der Waals surface area contributed by atoms with Crippen molar-refractivity contribution in [3.63, 3.8) is 0 Å². The van der Waals surface area contributed by atoms with Crippen LogP contribution in [0.15, 0.2) is 23.2 Å². The molecule has 0 aliphatic heterocycles. The van der Waals surface area contributed by atoms with Crippen LogP contribution in [0.1, 0.15) is 43.2 Å². The van der Waals surface area contributed by atoms with Crippen LogP contribution in [0.2, 0.25) is 0 Å². The SMILES string of the molecule is Cc1cccc(C=NC2CC23CCCC3)c1O. The smallest absolute Gasteiger partial charge is 0.127 e. The van der Waals surface area contributed by atoms with Crippen molar-refractivity contribution in [2.75, 3.05) is 0 Å². The third kappa shape index (κ3) is 1.86. The van der Waals surface area contributed by atoms with Crippen LogP contribution in [0.5, 0.6) is 5.75 Å². The van der Waals surface area contributed by atoms with E-state index < -0.39 is 0 Å². The zero-order valence-electron chi connectivity index (χ0n) is 10.3. The van der Waals surface area contributed by atoms with Crippen LogP contribution in [0.3, 0.4) is 0 Å². The maximum Gasteiger partial charge on any atom is 0.127 e. The number of aromatic hydroxyl groups is 1. The lowest BCUT2D eigenvalue weighted by molar-refractivity contribution is 0.470. The van der Waals surface area contributed by atoms with Gasteiger partial charge in [0, 0.05) is 11.8 Å². The topological polar surface area (TPSA) is 32.6 Å². The molecule has 2 nitrogen and oxygen atoms in total. The first-order chi connectivity index (χ1) is 8.21. The molecule has 2 aliphatic carbocycles. The van der Waals surface area contributed by atoms with E-state index in [1.807, 2.05) is 31.3 Å². The van der Waals surface area contributed by atoms with Crippen LogP contribution >= 0.6 is 0 Å². The Morgan fingerprint density at radius 2 is 2.12 bits per heavy atom. The summed E-state index contributed by atoms with van der Waals surface area (Å²) < 4.78 is 0. The quantitative estimate of drug-likeness (QED) is 0.774. The predicted octanol–water partition coefficient (Wildman–Crippen LogP) is 3.45. The molecule has 1 aromatic rings. The minimum Gasteiger partial charge on any atom is -0.507 e. The van der Waals surface area contributed by atoms with E-state index in [0.717, 1.165) is 11.1 Å². The summed E-state index contributed by atoms with van der Waals surface area (Å²) in [4.78, 5) is 4.66. The molecule has 0 saturated heterocycles. The van der Waals surface area contributed by atoms with Gasteiger partial charge in [0.05, 0.1) is 6.04 Å². The standard InChI is InChI=1S/C15H19NO/c1-11-5-4-6-12(14(11)17)10-16-13-9-15(13)7-2-3-8-15/h4-6,10,13,17H,2-3,7-9H2,1H3. The highest BCUT2D eigenvalue weighted by atomic mass is 16.3. The summed E-state index contributed by atoms with van der Waals surface area (Å²) in [5.41, 5.74) is 2.32. The van der Waals surface area contributed by atoms with Crippen LogP contribution in [-0.4, -0.2) is 17.4 Å². The van der Waals surface area contributed by atoms with E-state index >= 15 is 0 Å². The molecule has 0 amide bonds. The second kappa shape index (κ2) is 3.86. The third-order valence-corrected chi connectivity index (χ3v) is 4.41. The highest BCUT2D eigenvalue weighted by Gasteiger charge is 2.54. The van der Waals surface area contributed by atoms with Gasteiger partial charge in [0.1, 0.15) is 5.75 Å². The number of aliphatic imine (C=N–C) groups is 1. The Hall–Kier alpha value is -1.31. The summed E-state index contributed by atoms with van der Waals surface area (Å²) in [6.07, 6.45) is 8.59. The van der Waals surface area contributed by atoms with Crippen LogP contribution < -0.4 is 0 Å². The maximum atomic E-state index is 9.90. The second-order valence-corrected chi connectivity index (χ2v) is 5.58. The minimum atomic E-state index is 0.373. The first-order valence-corrected chi connectivity index (χ1v) is 6.53. The number of hydrogen-bond donors (Lipinski definition) is 1. The Bertz CT molecular complexity index is 458. The predicted molar refractivity (Wildman–Crippen MR) is 69.7 cm³/mol. The normalized spacial score (nSPS) is 25.8. The van der Waals surface area contributed by atoms with Crippen molar-refractivity contribution in [3.05, 3.63) is 29.3 Å². The van der Waals surface area contributed by atoms with Crippen LogP contribution in [-0.2, 0) is 0 Å². The lowest BCUT2D eigenvalue weighted by Gasteiger charge is -2.04. The van der Waals surface area contributed by atoms with Crippen molar-refractivity contribution in [3.8, 4) is 5.75 Å². The van der Waals surface area contributed by atoms with Gasteiger partial charge in [-0.1, -0.05) is 25.0 Å². The molecule has 2 aliphatic rings. The number of hydrogen-bond acceptors (Lipinski definition) is 2. The molecule has 90 valence electrons. The van der Waals surface area contributed by atoms with E-state index in [0.29, 0.717) is 17.2 Å². The highest BCUT2D eigenvalue weighted by Crippen LogP contribution is 2.59. The van der Waals surface area contributed by atoms with E-state index in [9.17, 15) is 5.11 Å². The molecule has 0 heterocycles. The molecule has 1 atom stereocenters. The third-order valence-electron chi connectivity index (χ3n) is 4.41. The number of nitrogens with zero attached hydrogens (tertiary/aromatic N) is 1. The summed E-state index contributed by atoms with van der Waals surface area (Å²) >= 11 is 0. The number of phenols is 1.